The monoisotopic (exact) mass is 717 g/mol. The van der Waals surface area contributed by atoms with Gasteiger partial charge in [0.25, 0.3) is 0 Å². The minimum Gasteiger partial charge on any atom is -0.481 e. The molecule has 288 valence electrons. The fraction of sp³-hybridized carbons (Fsp3) is 0.963. The fourth-order valence-corrected chi connectivity index (χ4v) is 6.00. The van der Waals surface area contributed by atoms with E-state index in [0.29, 0.717) is 13.0 Å². The normalized spacial score (nSPS) is 47.3. The summed E-state index contributed by atoms with van der Waals surface area (Å²) in [6.45, 7) is -0.502. The molecule has 22 heteroatoms. The van der Waals surface area contributed by atoms with E-state index < -0.39 is 129 Å². The largest absolute Gasteiger partial charge is 0.481 e. The van der Waals surface area contributed by atoms with Crippen LogP contribution >= 0.6 is 0 Å². The van der Waals surface area contributed by atoms with E-state index >= 15 is 0 Å². The van der Waals surface area contributed by atoms with Crippen molar-refractivity contribution in [2.75, 3.05) is 26.2 Å². The number of ether oxygens (including phenoxy) is 6. The second-order valence-corrected chi connectivity index (χ2v) is 12.5. The standard InChI is InChI=1S/C23H46N6O13.C4H9NO2/c24-2-7-13(32)15(34)10(28)21(37-7)40-18-6(27)1-5(26)12(31)20(18)42-23-17(36)19(9(4-30)39-23)41-22-11(29)16(35)14(33)8(3-25)38-22;5-3-1-2-4(6)7/h5-23,30-36H,1-4,24-29H2;1-3,5H2,(H,6,7)/t5-,6+,7-,8+,9-,10-,11-,12+,13+,14-,15+,16-,17-,18-,19-,20-,21+,22-,23+;/m1./s1. The van der Waals surface area contributed by atoms with Crippen LogP contribution in [0.15, 0.2) is 0 Å². The van der Waals surface area contributed by atoms with E-state index in [-0.39, 0.29) is 25.9 Å². The number of aliphatic hydroxyl groups excluding tert-OH is 7. The molecule has 0 unspecified atom stereocenters. The Morgan fingerprint density at radius 1 is 0.612 bits per heavy atom. The number of hydrogen-bond donors (Lipinski definition) is 15. The van der Waals surface area contributed by atoms with Gasteiger partial charge in [-0.05, 0) is 19.4 Å². The van der Waals surface area contributed by atoms with Crippen molar-refractivity contribution in [1.82, 2.24) is 0 Å². The summed E-state index contributed by atoms with van der Waals surface area (Å²) in [7, 11) is 0. The number of carboxylic acid groups (broad SMARTS) is 1. The summed E-state index contributed by atoms with van der Waals surface area (Å²) >= 11 is 0. The van der Waals surface area contributed by atoms with Crippen molar-refractivity contribution in [3.63, 3.8) is 0 Å². The maximum absolute atomic E-state index is 11.1. The van der Waals surface area contributed by atoms with Gasteiger partial charge in [-0.15, -0.1) is 0 Å². The van der Waals surface area contributed by atoms with Gasteiger partial charge in [0.15, 0.2) is 18.9 Å². The summed E-state index contributed by atoms with van der Waals surface area (Å²) in [5, 5.41) is 81.0. The van der Waals surface area contributed by atoms with Gasteiger partial charge in [0, 0.05) is 31.6 Å². The van der Waals surface area contributed by atoms with Crippen LogP contribution in [-0.2, 0) is 33.2 Å². The molecule has 0 aromatic heterocycles. The summed E-state index contributed by atoms with van der Waals surface area (Å²) in [5.74, 6) is -0.773. The summed E-state index contributed by atoms with van der Waals surface area (Å²) < 4.78 is 34.6. The van der Waals surface area contributed by atoms with Gasteiger partial charge < -0.3 is 109 Å². The Morgan fingerprint density at radius 2 is 1.08 bits per heavy atom. The highest BCUT2D eigenvalue weighted by Gasteiger charge is 2.54. The van der Waals surface area contributed by atoms with Crippen LogP contribution in [0.2, 0.25) is 0 Å². The number of carbonyl (C=O) groups is 1. The average Bonchev–Trinajstić information content (AvgIpc) is 3.37. The van der Waals surface area contributed by atoms with Crippen molar-refractivity contribution in [2.24, 2.45) is 40.1 Å². The summed E-state index contributed by atoms with van der Waals surface area (Å²) in [6.07, 6.45) is -19.0. The number of rotatable bonds is 12. The van der Waals surface area contributed by atoms with Gasteiger partial charge >= 0.3 is 5.97 Å². The third kappa shape index (κ3) is 9.97. The molecule has 4 fully saturated rings. The molecule has 0 aromatic carbocycles. The van der Waals surface area contributed by atoms with E-state index in [0.717, 1.165) is 0 Å². The van der Waals surface area contributed by atoms with E-state index in [1.165, 1.54) is 0 Å². The van der Waals surface area contributed by atoms with Crippen molar-refractivity contribution in [1.29, 1.82) is 0 Å². The number of hydrogen-bond acceptors (Lipinski definition) is 21. The van der Waals surface area contributed by atoms with Gasteiger partial charge in [-0.1, -0.05) is 0 Å². The molecule has 1 saturated carbocycles. The predicted molar refractivity (Wildman–Crippen MR) is 164 cm³/mol. The van der Waals surface area contributed by atoms with E-state index in [1.54, 1.807) is 0 Å². The topological polar surface area (TPSA) is 416 Å². The Hall–Kier alpha value is -1.33. The van der Waals surface area contributed by atoms with E-state index in [1.807, 2.05) is 0 Å². The first-order valence-electron chi connectivity index (χ1n) is 16.1. The molecular formula is C27H55N7O15. The smallest absolute Gasteiger partial charge is 0.303 e. The van der Waals surface area contributed by atoms with Gasteiger partial charge in [-0.2, -0.15) is 0 Å². The first-order chi connectivity index (χ1) is 23.1. The fourth-order valence-electron chi connectivity index (χ4n) is 6.00. The van der Waals surface area contributed by atoms with Crippen molar-refractivity contribution >= 4 is 5.97 Å². The molecule has 22 nitrogen and oxygen atoms in total. The van der Waals surface area contributed by atoms with Gasteiger partial charge in [-0.3, -0.25) is 4.79 Å². The predicted octanol–water partition coefficient (Wildman–Crippen LogP) is -9.09. The molecule has 0 aromatic rings. The number of nitrogens with two attached hydrogens (primary N) is 7. The molecule has 19 atom stereocenters. The van der Waals surface area contributed by atoms with E-state index in [2.05, 4.69) is 0 Å². The zero-order valence-electron chi connectivity index (χ0n) is 26.9. The Kier molecular flexibility index (Phi) is 16.3. The van der Waals surface area contributed by atoms with Crippen LogP contribution in [0, 0.1) is 0 Å². The molecule has 3 aliphatic heterocycles. The quantitative estimate of drug-likeness (QED) is 0.0890. The van der Waals surface area contributed by atoms with Crippen LogP contribution in [0.5, 0.6) is 0 Å². The minimum absolute atomic E-state index is 0.0889. The lowest BCUT2D eigenvalue weighted by Gasteiger charge is -2.47. The summed E-state index contributed by atoms with van der Waals surface area (Å²) in [4.78, 5) is 9.70. The van der Waals surface area contributed by atoms with Crippen LogP contribution in [-0.4, -0.2) is 189 Å². The van der Waals surface area contributed by atoms with Crippen molar-refractivity contribution in [3.8, 4) is 0 Å². The van der Waals surface area contributed by atoms with Crippen molar-refractivity contribution in [2.45, 2.75) is 136 Å². The lowest BCUT2D eigenvalue weighted by Crippen LogP contribution is -2.68. The minimum atomic E-state index is -1.60. The third-order valence-electron chi connectivity index (χ3n) is 8.97. The second kappa shape index (κ2) is 19.0. The van der Waals surface area contributed by atoms with Gasteiger partial charge in [0.05, 0.1) is 24.8 Å². The van der Waals surface area contributed by atoms with E-state index in [9.17, 15) is 40.5 Å². The zero-order chi connectivity index (χ0) is 36.7. The summed E-state index contributed by atoms with van der Waals surface area (Å²) in [5.41, 5.74) is 40.7. The Balaban J connectivity index is 0.000000838. The highest BCUT2D eigenvalue weighted by molar-refractivity contribution is 5.66. The van der Waals surface area contributed by atoms with Crippen molar-refractivity contribution in [3.05, 3.63) is 0 Å². The van der Waals surface area contributed by atoms with Crippen LogP contribution in [0.25, 0.3) is 0 Å². The Labute approximate surface area is 282 Å². The lowest BCUT2D eigenvalue weighted by atomic mass is 9.84. The van der Waals surface area contributed by atoms with Gasteiger partial charge in [-0.25, -0.2) is 0 Å². The second-order valence-electron chi connectivity index (χ2n) is 12.5. The molecule has 22 N–H and O–H groups in total. The van der Waals surface area contributed by atoms with E-state index in [4.69, 9.17) is 73.7 Å². The van der Waals surface area contributed by atoms with Crippen molar-refractivity contribution < 1.29 is 74.1 Å². The molecule has 4 aliphatic rings. The molecule has 1 aliphatic carbocycles. The first-order valence-corrected chi connectivity index (χ1v) is 16.1. The zero-order valence-corrected chi connectivity index (χ0v) is 26.9. The van der Waals surface area contributed by atoms with Crippen LogP contribution in [0.4, 0.5) is 0 Å². The van der Waals surface area contributed by atoms with Crippen LogP contribution < -0.4 is 40.1 Å². The van der Waals surface area contributed by atoms with Crippen LogP contribution in [0.1, 0.15) is 19.3 Å². The van der Waals surface area contributed by atoms with Crippen LogP contribution in [0.3, 0.4) is 0 Å². The summed E-state index contributed by atoms with van der Waals surface area (Å²) in [6, 6.07) is -4.18. The SMILES string of the molecule is NCCCC(=O)O.NC[C@@H]1O[C@H](O[C@H]2[C@@H](O)[C@H](O[C@@H]3[C@@H](O)[C@H](N)C[C@H](N)[C@H]3O[C@@H]3O[C@H](CN)[C@H](O)[C@@H](O)[C@H]3N)O[C@@H]2CO)[C@H](N)[C@@H](O)[C@@H]1O. The average molecular weight is 718 g/mol. The maximum atomic E-state index is 11.1. The molecule has 4 rings (SSSR count). The van der Waals surface area contributed by atoms with Gasteiger partial charge in [0.1, 0.15) is 67.1 Å². The number of aliphatic carboxylic acids is 1. The number of aliphatic hydroxyl groups is 7. The maximum Gasteiger partial charge on any atom is 0.303 e. The molecule has 0 amide bonds. The Morgan fingerprint density at radius 3 is 1.51 bits per heavy atom. The molecule has 0 bridgehead atoms. The molecule has 3 heterocycles. The highest BCUT2D eigenvalue weighted by atomic mass is 16.8. The highest BCUT2D eigenvalue weighted by Crippen LogP contribution is 2.34. The van der Waals surface area contributed by atoms with Gasteiger partial charge in [0.2, 0.25) is 0 Å². The molecule has 0 radical (unpaired) electrons. The molecular weight excluding hydrogens is 662 g/mol. The Bertz CT molecular complexity index is 1010. The third-order valence-corrected chi connectivity index (χ3v) is 8.97. The molecule has 0 spiro atoms. The molecule has 3 saturated heterocycles. The number of carboxylic acids is 1. The first kappa shape index (κ1) is 42.1. The molecule has 49 heavy (non-hydrogen) atoms. The lowest BCUT2D eigenvalue weighted by molar-refractivity contribution is -0.306.